The number of nitrogens with zero attached hydrogens (tertiary/aromatic N) is 1. The van der Waals surface area contributed by atoms with Crippen LogP contribution in [-0.4, -0.2) is 43.7 Å². The molecule has 1 heterocycles. The highest BCUT2D eigenvalue weighted by molar-refractivity contribution is 5.77. The van der Waals surface area contributed by atoms with E-state index in [0.717, 1.165) is 38.4 Å². The number of benzene rings is 2. The second-order valence-electron chi connectivity index (χ2n) is 6.04. The van der Waals surface area contributed by atoms with Gasteiger partial charge in [-0.05, 0) is 23.3 Å². The molecule has 2 aromatic carbocycles. The van der Waals surface area contributed by atoms with E-state index in [4.69, 9.17) is 9.47 Å². The SMILES string of the molecule is O=C(COc1ccccc1)NCc1ccccc1CN1CCOCC1. The summed E-state index contributed by atoms with van der Waals surface area (Å²) in [6.45, 7) is 4.89. The first-order valence-electron chi connectivity index (χ1n) is 8.63. The zero-order valence-electron chi connectivity index (χ0n) is 14.3. The van der Waals surface area contributed by atoms with E-state index in [2.05, 4.69) is 22.3 Å². The van der Waals surface area contributed by atoms with Gasteiger partial charge in [0.15, 0.2) is 6.61 Å². The molecule has 5 nitrogen and oxygen atoms in total. The van der Waals surface area contributed by atoms with E-state index >= 15 is 0 Å². The molecule has 1 fully saturated rings. The van der Waals surface area contributed by atoms with Gasteiger partial charge in [-0.2, -0.15) is 0 Å². The Kier molecular flexibility index (Phi) is 6.42. The number of hydrogen-bond donors (Lipinski definition) is 1. The number of para-hydroxylation sites is 1. The lowest BCUT2D eigenvalue weighted by molar-refractivity contribution is -0.123. The Hall–Kier alpha value is -2.37. The minimum atomic E-state index is -0.120. The first-order chi connectivity index (χ1) is 12.3. The maximum absolute atomic E-state index is 12.0. The molecule has 5 heteroatoms. The van der Waals surface area contributed by atoms with Crippen LogP contribution in [0.4, 0.5) is 0 Å². The molecule has 0 bridgehead atoms. The summed E-state index contributed by atoms with van der Waals surface area (Å²) < 4.78 is 10.9. The second kappa shape index (κ2) is 9.20. The Morgan fingerprint density at radius 1 is 1.00 bits per heavy atom. The average molecular weight is 340 g/mol. The molecular weight excluding hydrogens is 316 g/mol. The van der Waals surface area contributed by atoms with Gasteiger partial charge >= 0.3 is 0 Å². The molecule has 0 radical (unpaired) electrons. The summed E-state index contributed by atoms with van der Waals surface area (Å²) in [5, 5.41) is 2.94. The van der Waals surface area contributed by atoms with Crippen molar-refractivity contribution >= 4 is 5.91 Å². The van der Waals surface area contributed by atoms with Gasteiger partial charge in [-0.15, -0.1) is 0 Å². The van der Waals surface area contributed by atoms with E-state index in [1.54, 1.807) is 0 Å². The van der Waals surface area contributed by atoms with Crippen molar-refractivity contribution in [1.29, 1.82) is 0 Å². The molecule has 1 aliphatic heterocycles. The minimum Gasteiger partial charge on any atom is -0.484 e. The maximum atomic E-state index is 12.0. The summed E-state index contributed by atoms with van der Waals surface area (Å²) in [5.74, 6) is 0.579. The largest absolute Gasteiger partial charge is 0.484 e. The summed E-state index contributed by atoms with van der Waals surface area (Å²) >= 11 is 0. The monoisotopic (exact) mass is 340 g/mol. The maximum Gasteiger partial charge on any atom is 0.258 e. The molecule has 0 aliphatic carbocycles. The first-order valence-corrected chi connectivity index (χ1v) is 8.63. The van der Waals surface area contributed by atoms with Crippen LogP contribution in [0.1, 0.15) is 11.1 Å². The number of ether oxygens (including phenoxy) is 2. The summed E-state index contributed by atoms with van der Waals surface area (Å²) in [6, 6.07) is 17.6. The van der Waals surface area contributed by atoms with Crippen molar-refractivity contribution < 1.29 is 14.3 Å². The van der Waals surface area contributed by atoms with Crippen molar-refractivity contribution in [3.63, 3.8) is 0 Å². The van der Waals surface area contributed by atoms with Gasteiger partial charge in [0.25, 0.3) is 5.91 Å². The van der Waals surface area contributed by atoms with E-state index in [-0.39, 0.29) is 12.5 Å². The summed E-state index contributed by atoms with van der Waals surface area (Å²) in [6.07, 6.45) is 0. The van der Waals surface area contributed by atoms with Crippen LogP contribution in [0, 0.1) is 0 Å². The van der Waals surface area contributed by atoms with Crippen LogP contribution in [0.15, 0.2) is 54.6 Å². The zero-order valence-corrected chi connectivity index (χ0v) is 14.3. The number of carbonyl (C=O) groups is 1. The van der Waals surface area contributed by atoms with Gasteiger partial charge in [-0.1, -0.05) is 42.5 Å². The Labute approximate surface area is 148 Å². The van der Waals surface area contributed by atoms with E-state index < -0.39 is 0 Å². The molecule has 1 N–H and O–H groups in total. The molecule has 0 atom stereocenters. The summed E-state index contributed by atoms with van der Waals surface area (Å²) in [4.78, 5) is 14.4. The number of nitrogens with one attached hydrogen (secondary N) is 1. The highest BCUT2D eigenvalue weighted by atomic mass is 16.5. The van der Waals surface area contributed by atoms with E-state index in [0.29, 0.717) is 12.3 Å². The standard InChI is InChI=1S/C20H24N2O3/c23-20(16-25-19-8-2-1-3-9-19)21-14-17-6-4-5-7-18(17)15-22-10-12-24-13-11-22/h1-9H,10-16H2,(H,21,23). The fraction of sp³-hybridized carbons (Fsp3) is 0.350. The van der Waals surface area contributed by atoms with Crippen LogP contribution in [0.25, 0.3) is 0 Å². The van der Waals surface area contributed by atoms with Crippen LogP contribution in [0.2, 0.25) is 0 Å². The molecule has 0 spiro atoms. The molecule has 3 rings (SSSR count). The Morgan fingerprint density at radius 3 is 2.44 bits per heavy atom. The molecule has 0 aromatic heterocycles. The van der Waals surface area contributed by atoms with Gasteiger partial charge in [0.05, 0.1) is 13.2 Å². The third kappa shape index (κ3) is 5.59. The lowest BCUT2D eigenvalue weighted by Crippen LogP contribution is -2.36. The topological polar surface area (TPSA) is 50.8 Å². The van der Waals surface area contributed by atoms with Crippen molar-refractivity contribution in [2.24, 2.45) is 0 Å². The fourth-order valence-electron chi connectivity index (χ4n) is 2.79. The molecule has 1 saturated heterocycles. The average Bonchev–Trinajstić information content (AvgIpc) is 2.67. The Bertz CT molecular complexity index is 670. The molecule has 1 aliphatic rings. The number of amides is 1. The number of rotatable bonds is 7. The normalized spacial score (nSPS) is 14.9. The molecule has 1 amide bonds. The Balaban J connectivity index is 1.49. The highest BCUT2D eigenvalue weighted by Gasteiger charge is 2.13. The molecule has 132 valence electrons. The third-order valence-corrected chi connectivity index (χ3v) is 4.21. The van der Waals surface area contributed by atoms with Gasteiger partial charge < -0.3 is 14.8 Å². The number of morpholine rings is 1. The van der Waals surface area contributed by atoms with Gasteiger partial charge in [-0.3, -0.25) is 9.69 Å². The number of hydrogen-bond acceptors (Lipinski definition) is 4. The van der Waals surface area contributed by atoms with Crippen molar-refractivity contribution in [2.45, 2.75) is 13.1 Å². The highest BCUT2D eigenvalue weighted by Crippen LogP contribution is 2.13. The van der Waals surface area contributed by atoms with Crippen molar-refractivity contribution in [1.82, 2.24) is 10.2 Å². The van der Waals surface area contributed by atoms with Crippen LogP contribution < -0.4 is 10.1 Å². The quantitative estimate of drug-likeness (QED) is 0.840. The van der Waals surface area contributed by atoms with Crippen molar-refractivity contribution in [2.75, 3.05) is 32.9 Å². The smallest absolute Gasteiger partial charge is 0.258 e. The van der Waals surface area contributed by atoms with Crippen LogP contribution in [0.5, 0.6) is 5.75 Å². The molecule has 0 unspecified atom stereocenters. The van der Waals surface area contributed by atoms with Crippen LogP contribution in [-0.2, 0) is 22.6 Å². The van der Waals surface area contributed by atoms with Crippen molar-refractivity contribution in [3.05, 3.63) is 65.7 Å². The lowest BCUT2D eigenvalue weighted by atomic mass is 10.1. The first kappa shape index (κ1) is 17.5. The van der Waals surface area contributed by atoms with Gasteiger partial charge in [-0.25, -0.2) is 0 Å². The van der Waals surface area contributed by atoms with E-state index in [1.807, 2.05) is 42.5 Å². The lowest BCUT2D eigenvalue weighted by Gasteiger charge is -2.27. The zero-order chi connectivity index (χ0) is 17.3. The fourth-order valence-corrected chi connectivity index (χ4v) is 2.79. The van der Waals surface area contributed by atoms with Gasteiger partial charge in [0.2, 0.25) is 0 Å². The second-order valence-corrected chi connectivity index (χ2v) is 6.04. The van der Waals surface area contributed by atoms with Crippen molar-refractivity contribution in [3.8, 4) is 5.75 Å². The van der Waals surface area contributed by atoms with Crippen LogP contribution in [0.3, 0.4) is 0 Å². The molecular formula is C20H24N2O3. The molecule has 25 heavy (non-hydrogen) atoms. The summed E-state index contributed by atoms with van der Waals surface area (Å²) in [7, 11) is 0. The van der Waals surface area contributed by atoms with E-state index in [9.17, 15) is 4.79 Å². The van der Waals surface area contributed by atoms with Gasteiger partial charge in [0, 0.05) is 26.2 Å². The minimum absolute atomic E-state index is 0.0235. The predicted octanol–water partition coefficient (Wildman–Crippen LogP) is 2.21. The van der Waals surface area contributed by atoms with Gasteiger partial charge in [0.1, 0.15) is 5.75 Å². The summed E-state index contributed by atoms with van der Waals surface area (Å²) in [5.41, 5.74) is 2.38. The number of carbonyl (C=O) groups excluding carboxylic acids is 1. The molecule has 0 saturated carbocycles. The predicted molar refractivity (Wildman–Crippen MR) is 96.3 cm³/mol. The Morgan fingerprint density at radius 2 is 1.68 bits per heavy atom. The third-order valence-electron chi connectivity index (χ3n) is 4.21. The van der Waals surface area contributed by atoms with Crippen LogP contribution >= 0.6 is 0 Å². The van der Waals surface area contributed by atoms with E-state index in [1.165, 1.54) is 5.56 Å². The molecule has 2 aromatic rings.